The van der Waals surface area contributed by atoms with Crippen molar-refractivity contribution in [3.05, 3.63) is 60.2 Å². The average molecular weight is 466 g/mol. The predicted molar refractivity (Wildman–Crippen MR) is 120 cm³/mol. The SMILES string of the molecule is CN(CCCNC(=O)c1ccc(S(=O)(=O)NC2CCS(=O)(=O)C2)cc1)c1ccccc1. The van der Waals surface area contributed by atoms with Gasteiger partial charge in [0.25, 0.3) is 5.91 Å². The van der Waals surface area contributed by atoms with E-state index in [4.69, 9.17) is 0 Å². The van der Waals surface area contributed by atoms with E-state index in [2.05, 4.69) is 14.9 Å². The lowest BCUT2D eigenvalue weighted by Crippen LogP contribution is -2.35. The van der Waals surface area contributed by atoms with Crippen molar-refractivity contribution in [1.82, 2.24) is 10.0 Å². The number of carbonyl (C=O) groups excluding carboxylic acids is 1. The van der Waals surface area contributed by atoms with Crippen LogP contribution in [0.5, 0.6) is 0 Å². The van der Waals surface area contributed by atoms with Gasteiger partial charge in [-0.25, -0.2) is 21.6 Å². The Morgan fingerprint density at radius 1 is 1.10 bits per heavy atom. The van der Waals surface area contributed by atoms with Gasteiger partial charge in [-0.3, -0.25) is 4.79 Å². The maximum Gasteiger partial charge on any atom is 0.251 e. The summed E-state index contributed by atoms with van der Waals surface area (Å²) < 4.78 is 50.4. The maximum atomic E-state index is 12.5. The second kappa shape index (κ2) is 9.80. The van der Waals surface area contributed by atoms with E-state index in [1.54, 1.807) is 0 Å². The summed E-state index contributed by atoms with van der Waals surface area (Å²) in [6, 6.07) is 14.9. The van der Waals surface area contributed by atoms with Gasteiger partial charge >= 0.3 is 0 Å². The first-order valence-electron chi connectivity index (χ1n) is 10.0. The zero-order chi connectivity index (χ0) is 22.5. The molecular weight excluding hydrogens is 438 g/mol. The molecule has 0 bridgehead atoms. The Morgan fingerprint density at radius 2 is 1.77 bits per heavy atom. The molecule has 168 valence electrons. The molecule has 0 spiro atoms. The van der Waals surface area contributed by atoms with Crippen LogP contribution in [0.3, 0.4) is 0 Å². The van der Waals surface area contributed by atoms with Crippen molar-refractivity contribution in [3.8, 4) is 0 Å². The van der Waals surface area contributed by atoms with Gasteiger partial charge in [-0.05, 0) is 49.2 Å². The van der Waals surface area contributed by atoms with Crippen LogP contribution < -0.4 is 14.9 Å². The fourth-order valence-electron chi connectivity index (χ4n) is 3.39. The molecular formula is C21H27N3O5S2. The quantitative estimate of drug-likeness (QED) is 0.542. The lowest BCUT2D eigenvalue weighted by molar-refractivity contribution is 0.0953. The van der Waals surface area contributed by atoms with E-state index >= 15 is 0 Å². The smallest absolute Gasteiger partial charge is 0.251 e. The van der Waals surface area contributed by atoms with Crippen molar-refractivity contribution in [2.75, 3.05) is 36.5 Å². The number of hydrogen-bond donors (Lipinski definition) is 2. The summed E-state index contributed by atoms with van der Waals surface area (Å²) in [6.07, 6.45) is 1.03. The Kier molecular flexibility index (Phi) is 7.34. The third-order valence-electron chi connectivity index (χ3n) is 5.13. The normalized spacial score (nSPS) is 17.9. The van der Waals surface area contributed by atoms with Crippen molar-refractivity contribution in [2.45, 2.75) is 23.8 Å². The number of sulfone groups is 1. The van der Waals surface area contributed by atoms with Crippen molar-refractivity contribution in [3.63, 3.8) is 0 Å². The minimum atomic E-state index is -3.84. The molecule has 8 nitrogen and oxygen atoms in total. The Labute approximate surface area is 183 Å². The number of sulfonamides is 1. The molecule has 1 unspecified atom stereocenters. The maximum absolute atomic E-state index is 12.5. The van der Waals surface area contributed by atoms with Crippen molar-refractivity contribution in [1.29, 1.82) is 0 Å². The van der Waals surface area contributed by atoms with Crippen LogP contribution in [0, 0.1) is 0 Å². The molecule has 2 N–H and O–H groups in total. The van der Waals surface area contributed by atoms with E-state index in [0.717, 1.165) is 18.7 Å². The van der Waals surface area contributed by atoms with Crippen LogP contribution >= 0.6 is 0 Å². The fourth-order valence-corrected chi connectivity index (χ4v) is 6.44. The molecule has 0 aliphatic carbocycles. The van der Waals surface area contributed by atoms with Gasteiger partial charge in [-0.2, -0.15) is 0 Å². The number of benzene rings is 2. The molecule has 2 aromatic rings. The second-order valence-electron chi connectivity index (χ2n) is 7.61. The number of anilines is 1. The first-order chi connectivity index (χ1) is 14.7. The first kappa shape index (κ1) is 23.2. The second-order valence-corrected chi connectivity index (χ2v) is 11.6. The minimum absolute atomic E-state index is 0.00201. The van der Waals surface area contributed by atoms with Crippen molar-refractivity contribution in [2.24, 2.45) is 0 Å². The third-order valence-corrected chi connectivity index (χ3v) is 8.44. The molecule has 0 aromatic heterocycles. The highest BCUT2D eigenvalue weighted by Crippen LogP contribution is 2.16. The molecule has 2 aromatic carbocycles. The molecule has 1 fully saturated rings. The minimum Gasteiger partial charge on any atom is -0.375 e. The van der Waals surface area contributed by atoms with Crippen LogP contribution in [0.4, 0.5) is 5.69 Å². The number of nitrogens with one attached hydrogen (secondary N) is 2. The van der Waals surface area contributed by atoms with Gasteiger partial charge in [0.05, 0.1) is 16.4 Å². The van der Waals surface area contributed by atoms with E-state index in [0.29, 0.717) is 12.1 Å². The molecule has 1 aliphatic heterocycles. The first-order valence-corrected chi connectivity index (χ1v) is 13.3. The van der Waals surface area contributed by atoms with Crippen LogP contribution in [0.25, 0.3) is 0 Å². The van der Waals surface area contributed by atoms with Gasteiger partial charge < -0.3 is 10.2 Å². The summed E-state index contributed by atoms with van der Waals surface area (Å²) in [5.41, 5.74) is 1.47. The summed E-state index contributed by atoms with van der Waals surface area (Å²) in [5.74, 6) is -0.478. The van der Waals surface area contributed by atoms with Gasteiger partial charge in [-0.1, -0.05) is 18.2 Å². The van der Waals surface area contributed by atoms with Gasteiger partial charge in [0.1, 0.15) is 0 Å². The predicted octanol–water partition coefficient (Wildman–Crippen LogP) is 1.41. The molecule has 1 saturated heterocycles. The van der Waals surface area contributed by atoms with Crippen LogP contribution in [0.1, 0.15) is 23.2 Å². The molecule has 0 saturated carbocycles. The summed E-state index contributed by atoms with van der Waals surface area (Å²) >= 11 is 0. The largest absolute Gasteiger partial charge is 0.375 e. The van der Waals surface area contributed by atoms with Crippen molar-refractivity contribution < 1.29 is 21.6 Å². The Balaban J connectivity index is 1.48. The molecule has 3 rings (SSSR count). The molecule has 1 aliphatic rings. The van der Waals surface area contributed by atoms with Crippen LogP contribution in [-0.2, 0) is 19.9 Å². The average Bonchev–Trinajstić information content (AvgIpc) is 3.09. The van der Waals surface area contributed by atoms with Gasteiger partial charge in [0.2, 0.25) is 10.0 Å². The van der Waals surface area contributed by atoms with E-state index in [1.807, 2.05) is 37.4 Å². The van der Waals surface area contributed by atoms with E-state index < -0.39 is 25.9 Å². The van der Waals surface area contributed by atoms with Gasteiger partial charge in [0, 0.05) is 37.4 Å². The third kappa shape index (κ3) is 6.52. The van der Waals surface area contributed by atoms with Gasteiger partial charge in [0.15, 0.2) is 9.84 Å². The lowest BCUT2D eigenvalue weighted by atomic mass is 10.2. The highest BCUT2D eigenvalue weighted by atomic mass is 32.2. The number of carbonyl (C=O) groups is 1. The standard InChI is InChI=1S/C21H27N3O5S2/c1-24(19-6-3-2-4-7-19)14-5-13-22-21(25)17-8-10-20(11-9-17)31(28,29)23-18-12-15-30(26,27)16-18/h2-4,6-11,18,23H,5,12-16H2,1H3,(H,22,25). The zero-order valence-corrected chi connectivity index (χ0v) is 19.0. The molecule has 31 heavy (non-hydrogen) atoms. The Morgan fingerprint density at radius 3 is 2.39 bits per heavy atom. The van der Waals surface area contributed by atoms with Crippen LogP contribution in [0.2, 0.25) is 0 Å². The van der Waals surface area contributed by atoms with Gasteiger partial charge in [-0.15, -0.1) is 0 Å². The Hall–Kier alpha value is -2.43. The van der Waals surface area contributed by atoms with Crippen LogP contribution in [0.15, 0.2) is 59.5 Å². The number of para-hydroxylation sites is 1. The fraction of sp³-hybridized carbons (Fsp3) is 0.381. The lowest BCUT2D eigenvalue weighted by Gasteiger charge is -2.19. The topological polar surface area (TPSA) is 113 Å². The van der Waals surface area contributed by atoms with E-state index in [1.165, 1.54) is 24.3 Å². The number of amides is 1. The van der Waals surface area contributed by atoms with E-state index in [9.17, 15) is 21.6 Å². The zero-order valence-electron chi connectivity index (χ0n) is 17.3. The highest BCUT2D eigenvalue weighted by molar-refractivity contribution is 7.92. The number of nitrogens with zero attached hydrogens (tertiary/aromatic N) is 1. The molecule has 1 amide bonds. The molecule has 1 atom stereocenters. The summed E-state index contributed by atoms with van der Waals surface area (Å²) in [7, 11) is -5.04. The Bertz CT molecular complexity index is 1100. The monoisotopic (exact) mass is 465 g/mol. The van der Waals surface area contributed by atoms with Crippen molar-refractivity contribution >= 4 is 31.5 Å². The van der Waals surface area contributed by atoms with E-state index in [-0.39, 0.29) is 28.7 Å². The number of rotatable bonds is 9. The van der Waals surface area contributed by atoms with Crippen LogP contribution in [-0.4, -0.2) is 60.4 Å². The summed E-state index contributed by atoms with van der Waals surface area (Å²) in [6.45, 7) is 1.28. The number of hydrogen-bond acceptors (Lipinski definition) is 6. The molecule has 1 heterocycles. The highest BCUT2D eigenvalue weighted by Gasteiger charge is 2.31. The molecule has 10 heteroatoms. The summed E-state index contributed by atoms with van der Waals surface area (Å²) in [4.78, 5) is 14.4. The summed E-state index contributed by atoms with van der Waals surface area (Å²) in [5, 5.41) is 2.83. The molecule has 0 radical (unpaired) electrons.